The fourth-order valence-electron chi connectivity index (χ4n) is 0.736. The van der Waals surface area contributed by atoms with Gasteiger partial charge in [0.15, 0.2) is 0 Å². The van der Waals surface area contributed by atoms with Gasteiger partial charge < -0.3 is 10.1 Å². The average molecular weight is 185 g/mol. The molecule has 0 bridgehead atoms. The van der Waals surface area contributed by atoms with E-state index in [1.165, 1.54) is 0 Å². The smallest absolute Gasteiger partial charge is 0.319 e. The lowest BCUT2D eigenvalue weighted by Gasteiger charge is -2.06. The molecular weight excluding hydrogens is 166 g/mol. The highest BCUT2D eigenvalue weighted by molar-refractivity contribution is 5.71. The van der Waals surface area contributed by atoms with Crippen molar-refractivity contribution < 1.29 is 9.53 Å². The molecule has 3 nitrogen and oxygen atoms in total. The van der Waals surface area contributed by atoms with E-state index in [1.807, 2.05) is 0 Å². The molecule has 76 valence electrons. The van der Waals surface area contributed by atoms with E-state index in [0.29, 0.717) is 19.1 Å². The van der Waals surface area contributed by atoms with Crippen molar-refractivity contribution in [2.75, 3.05) is 19.7 Å². The molecule has 0 aliphatic rings. The topological polar surface area (TPSA) is 38.3 Å². The summed E-state index contributed by atoms with van der Waals surface area (Å²) in [6, 6.07) is 0. The van der Waals surface area contributed by atoms with Crippen LogP contribution in [0.5, 0.6) is 0 Å². The maximum absolute atomic E-state index is 11.0. The summed E-state index contributed by atoms with van der Waals surface area (Å²) < 4.78 is 4.96. The molecule has 0 saturated carbocycles. The second kappa shape index (κ2) is 7.80. The Labute approximate surface area is 80.2 Å². The van der Waals surface area contributed by atoms with Crippen LogP contribution in [-0.2, 0) is 9.53 Å². The Morgan fingerprint density at radius 3 is 2.85 bits per heavy atom. The molecule has 0 aliphatic carbocycles. The van der Waals surface area contributed by atoms with E-state index in [4.69, 9.17) is 4.74 Å². The van der Waals surface area contributed by atoms with E-state index < -0.39 is 0 Å². The summed E-state index contributed by atoms with van der Waals surface area (Å²) in [5, 5.41) is 2.88. The van der Waals surface area contributed by atoms with Gasteiger partial charge >= 0.3 is 5.97 Å². The Hall–Kier alpha value is -0.830. The highest BCUT2D eigenvalue weighted by Crippen LogP contribution is 1.98. The predicted octanol–water partition coefficient (Wildman–Crippen LogP) is 1.35. The second-order valence-electron chi connectivity index (χ2n) is 3.32. The zero-order valence-corrected chi connectivity index (χ0v) is 8.51. The Morgan fingerprint density at radius 2 is 2.31 bits per heavy atom. The number of nitrogens with one attached hydrogen (secondary N) is 1. The minimum absolute atomic E-state index is 0.192. The monoisotopic (exact) mass is 185 g/mol. The molecule has 0 aliphatic heterocycles. The van der Waals surface area contributed by atoms with Gasteiger partial charge in [0.05, 0.1) is 13.2 Å². The standard InChI is InChI=1S/C10H19NO2/c1-4-6-11-8-10(12)13-7-5-9(2)3/h4,9,11H,1,5-8H2,2-3H3. The fourth-order valence-corrected chi connectivity index (χ4v) is 0.736. The van der Waals surface area contributed by atoms with E-state index >= 15 is 0 Å². The van der Waals surface area contributed by atoms with Crippen LogP contribution in [-0.4, -0.2) is 25.7 Å². The van der Waals surface area contributed by atoms with Gasteiger partial charge in [-0.25, -0.2) is 0 Å². The van der Waals surface area contributed by atoms with Gasteiger partial charge in [-0.3, -0.25) is 4.79 Å². The van der Waals surface area contributed by atoms with Gasteiger partial charge in [0.25, 0.3) is 0 Å². The van der Waals surface area contributed by atoms with Crippen molar-refractivity contribution in [3.63, 3.8) is 0 Å². The summed E-state index contributed by atoms with van der Waals surface area (Å²) in [4.78, 5) is 11.0. The number of rotatable bonds is 7. The average Bonchev–Trinajstić information content (AvgIpc) is 2.04. The maximum Gasteiger partial charge on any atom is 0.319 e. The summed E-state index contributed by atoms with van der Waals surface area (Å²) in [6.45, 7) is 9.16. The molecule has 0 aromatic carbocycles. The first kappa shape index (κ1) is 12.2. The lowest BCUT2D eigenvalue weighted by molar-refractivity contribution is -0.142. The normalized spacial score (nSPS) is 10.1. The summed E-state index contributed by atoms with van der Waals surface area (Å²) >= 11 is 0. The van der Waals surface area contributed by atoms with Crippen molar-refractivity contribution in [3.8, 4) is 0 Å². The number of ether oxygens (including phenoxy) is 1. The Bertz CT molecular complexity index is 155. The van der Waals surface area contributed by atoms with E-state index in [0.717, 1.165) is 6.42 Å². The van der Waals surface area contributed by atoms with Crippen LogP contribution in [0.25, 0.3) is 0 Å². The number of carbonyl (C=O) groups is 1. The van der Waals surface area contributed by atoms with Crippen LogP contribution in [0.4, 0.5) is 0 Å². The molecule has 0 spiro atoms. The molecule has 0 unspecified atom stereocenters. The van der Waals surface area contributed by atoms with Gasteiger partial charge in [-0.15, -0.1) is 6.58 Å². The minimum Gasteiger partial charge on any atom is -0.465 e. The van der Waals surface area contributed by atoms with Crippen molar-refractivity contribution in [1.29, 1.82) is 0 Å². The number of hydrogen-bond donors (Lipinski definition) is 1. The molecule has 0 aromatic rings. The highest BCUT2D eigenvalue weighted by atomic mass is 16.5. The van der Waals surface area contributed by atoms with Crippen LogP contribution < -0.4 is 5.32 Å². The second-order valence-corrected chi connectivity index (χ2v) is 3.32. The van der Waals surface area contributed by atoms with Gasteiger partial charge in [-0.05, 0) is 12.3 Å². The molecule has 13 heavy (non-hydrogen) atoms. The van der Waals surface area contributed by atoms with Crippen molar-refractivity contribution >= 4 is 5.97 Å². The van der Waals surface area contributed by atoms with Crippen LogP contribution in [0.2, 0.25) is 0 Å². The first-order valence-corrected chi connectivity index (χ1v) is 4.64. The third kappa shape index (κ3) is 9.08. The number of esters is 1. The van der Waals surface area contributed by atoms with Gasteiger partial charge in [0.2, 0.25) is 0 Å². The summed E-state index contributed by atoms with van der Waals surface area (Å²) in [7, 11) is 0. The SMILES string of the molecule is C=CCNCC(=O)OCCC(C)C. The zero-order chi connectivity index (χ0) is 10.1. The fraction of sp³-hybridized carbons (Fsp3) is 0.700. The van der Waals surface area contributed by atoms with Gasteiger partial charge in [-0.1, -0.05) is 19.9 Å². The molecular formula is C10H19NO2. The van der Waals surface area contributed by atoms with Crippen LogP contribution in [0.1, 0.15) is 20.3 Å². The third-order valence-electron chi connectivity index (χ3n) is 1.52. The zero-order valence-electron chi connectivity index (χ0n) is 8.51. The molecule has 0 saturated heterocycles. The number of carbonyl (C=O) groups excluding carboxylic acids is 1. The van der Waals surface area contributed by atoms with E-state index in [-0.39, 0.29) is 12.5 Å². The van der Waals surface area contributed by atoms with Crippen molar-refractivity contribution in [2.45, 2.75) is 20.3 Å². The number of hydrogen-bond acceptors (Lipinski definition) is 3. The van der Waals surface area contributed by atoms with E-state index in [1.54, 1.807) is 6.08 Å². The molecule has 0 atom stereocenters. The van der Waals surface area contributed by atoms with Gasteiger partial charge in [0.1, 0.15) is 0 Å². The first-order chi connectivity index (χ1) is 6.16. The van der Waals surface area contributed by atoms with Gasteiger partial charge in [-0.2, -0.15) is 0 Å². The van der Waals surface area contributed by atoms with E-state index in [9.17, 15) is 4.79 Å². The lowest BCUT2D eigenvalue weighted by Crippen LogP contribution is -2.25. The molecule has 1 N–H and O–H groups in total. The quantitative estimate of drug-likeness (QED) is 0.369. The van der Waals surface area contributed by atoms with Crippen LogP contribution in [0, 0.1) is 5.92 Å². The summed E-state index contributed by atoms with van der Waals surface area (Å²) in [6.07, 6.45) is 2.63. The Kier molecular flexibility index (Phi) is 7.30. The van der Waals surface area contributed by atoms with Crippen molar-refractivity contribution in [2.24, 2.45) is 5.92 Å². The Morgan fingerprint density at radius 1 is 1.62 bits per heavy atom. The van der Waals surface area contributed by atoms with Crippen LogP contribution >= 0.6 is 0 Å². The first-order valence-electron chi connectivity index (χ1n) is 4.64. The predicted molar refractivity (Wildman–Crippen MR) is 53.5 cm³/mol. The minimum atomic E-state index is -0.192. The highest BCUT2D eigenvalue weighted by Gasteiger charge is 2.01. The van der Waals surface area contributed by atoms with Gasteiger partial charge in [0, 0.05) is 6.54 Å². The molecule has 0 radical (unpaired) electrons. The largest absolute Gasteiger partial charge is 0.465 e. The van der Waals surface area contributed by atoms with Crippen molar-refractivity contribution in [3.05, 3.63) is 12.7 Å². The summed E-state index contributed by atoms with van der Waals surface area (Å²) in [5.74, 6) is 0.386. The lowest BCUT2D eigenvalue weighted by atomic mass is 10.1. The summed E-state index contributed by atoms with van der Waals surface area (Å²) in [5.41, 5.74) is 0. The Balaban J connectivity index is 3.25. The molecule has 3 heteroatoms. The molecule has 0 aromatic heterocycles. The molecule has 0 rings (SSSR count). The molecule has 0 heterocycles. The van der Waals surface area contributed by atoms with Crippen LogP contribution in [0.15, 0.2) is 12.7 Å². The van der Waals surface area contributed by atoms with Crippen LogP contribution in [0.3, 0.4) is 0 Å². The molecule has 0 fully saturated rings. The molecule has 0 amide bonds. The van der Waals surface area contributed by atoms with E-state index in [2.05, 4.69) is 25.7 Å². The third-order valence-corrected chi connectivity index (χ3v) is 1.52. The maximum atomic E-state index is 11.0. The van der Waals surface area contributed by atoms with Crippen molar-refractivity contribution in [1.82, 2.24) is 5.32 Å².